The zero-order chi connectivity index (χ0) is 21.4. The minimum Gasteiger partial charge on any atom is -0.493 e. The van der Waals surface area contributed by atoms with Gasteiger partial charge in [-0.15, -0.1) is 0 Å². The molecular formula is C19H19N3O7. The van der Waals surface area contributed by atoms with Gasteiger partial charge in [-0.05, 0) is 42.0 Å². The number of nitrogens with two attached hydrogens (primary N) is 1. The number of amides is 2. The number of carbonyl (C=O) groups is 3. The Morgan fingerprint density at radius 3 is 2.03 bits per heavy atom. The van der Waals surface area contributed by atoms with Crippen LogP contribution in [-0.4, -0.2) is 45.3 Å². The Balaban J connectivity index is 2.10. The summed E-state index contributed by atoms with van der Waals surface area (Å²) in [5.74, 6) is -1.51. The van der Waals surface area contributed by atoms with E-state index in [0.29, 0.717) is 22.8 Å². The predicted molar refractivity (Wildman–Crippen MR) is 102 cm³/mol. The highest BCUT2D eigenvalue weighted by atomic mass is 16.5. The van der Waals surface area contributed by atoms with Gasteiger partial charge in [-0.2, -0.15) is 5.10 Å². The maximum atomic E-state index is 12.5. The van der Waals surface area contributed by atoms with Gasteiger partial charge in [-0.25, -0.2) is 10.2 Å². The zero-order valence-electron chi connectivity index (χ0n) is 15.9. The summed E-state index contributed by atoms with van der Waals surface area (Å²) in [6, 6.07) is 9.22. The Bertz CT molecular complexity index is 914. The number of rotatable bonds is 7. The number of esters is 1. The fourth-order valence-corrected chi connectivity index (χ4v) is 2.21. The van der Waals surface area contributed by atoms with Crippen LogP contribution in [0.1, 0.15) is 15.9 Å². The third-order valence-electron chi connectivity index (χ3n) is 3.59. The number of primary amides is 1. The molecule has 10 heteroatoms. The Labute approximate surface area is 166 Å². The monoisotopic (exact) mass is 401 g/mol. The van der Waals surface area contributed by atoms with E-state index >= 15 is 0 Å². The lowest BCUT2D eigenvalue weighted by Gasteiger charge is -2.13. The highest BCUT2D eigenvalue weighted by Gasteiger charge is 2.18. The highest BCUT2D eigenvalue weighted by Crippen LogP contribution is 2.38. The van der Waals surface area contributed by atoms with E-state index in [9.17, 15) is 14.4 Å². The summed E-state index contributed by atoms with van der Waals surface area (Å²) in [6.07, 6.45) is 1.30. The van der Waals surface area contributed by atoms with E-state index in [1.165, 1.54) is 51.8 Å². The molecule has 0 spiro atoms. The summed E-state index contributed by atoms with van der Waals surface area (Å²) in [5.41, 5.74) is 7.55. The molecule has 0 aliphatic rings. The first kappa shape index (κ1) is 21.2. The molecule has 0 saturated carbocycles. The molecule has 0 fully saturated rings. The summed E-state index contributed by atoms with van der Waals surface area (Å²) in [4.78, 5) is 34.0. The van der Waals surface area contributed by atoms with Crippen LogP contribution in [0.3, 0.4) is 0 Å². The molecule has 152 valence electrons. The number of hydrogen-bond acceptors (Lipinski definition) is 8. The largest absolute Gasteiger partial charge is 0.493 e. The van der Waals surface area contributed by atoms with Crippen molar-refractivity contribution in [1.29, 1.82) is 0 Å². The van der Waals surface area contributed by atoms with Crippen LogP contribution >= 0.6 is 0 Å². The van der Waals surface area contributed by atoms with E-state index in [0.717, 1.165) is 0 Å². The van der Waals surface area contributed by atoms with Crippen LogP contribution in [0.2, 0.25) is 0 Å². The standard InChI is InChI=1S/C19H19N3O7/c1-26-14-8-12(9-15(27-2)16(14)28-3)19(25)29-13-6-4-11(5-7-13)10-21-22-18(24)17(20)23/h4-10H,1-3H3,(H2,20,23)(H,22,24)/b21-10-. The quantitative estimate of drug-likeness (QED) is 0.231. The molecule has 0 heterocycles. The molecular weight excluding hydrogens is 382 g/mol. The van der Waals surface area contributed by atoms with Crippen LogP contribution in [0.25, 0.3) is 0 Å². The number of nitrogens with zero attached hydrogens (tertiary/aromatic N) is 1. The fourth-order valence-electron chi connectivity index (χ4n) is 2.21. The molecule has 2 rings (SSSR count). The summed E-state index contributed by atoms with van der Waals surface area (Å²) >= 11 is 0. The first-order valence-corrected chi connectivity index (χ1v) is 8.14. The first-order chi connectivity index (χ1) is 13.9. The lowest BCUT2D eigenvalue weighted by molar-refractivity contribution is -0.137. The lowest BCUT2D eigenvalue weighted by atomic mass is 10.2. The molecule has 0 saturated heterocycles. The average Bonchev–Trinajstić information content (AvgIpc) is 2.73. The van der Waals surface area contributed by atoms with Gasteiger partial charge in [-0.3, -0.25) is 9.59 Å². The topological polar surface area (TPSA) is 139 Å². The van der Waals surface area contributed by atoms with Crippen molar-refractivity contribution >= 4 is 24.0 Å². The van der Waals surface area contributed by atoms with Crippen molar-refractivity contribution in [2.75, 3.05) is 21.3 Å². The van der Waals surface area contributed by atoms with Gasteiger partial charge in [0.05, 0.1) is 33.1 Å². The molecule has 0 radical (unpaired) electrons. The predicted octanol–water partition coefficient (Wildman–Crippen LogP) is 0.867. The highest BCUT2D eigenvalue weighted by molar-refractivity contribution is 6.34. The van der Waals surface area contributed by atoms with Crippen LogP contribution in [0.15, 0.2) is 41.5 Å². The van der Waals surface area contributed by atoms with Gasteiger partial charge in [-0.1, -0.05) is 0 Å². The van der Waals surface area contributed by atoms with E-state index < -0.39 is 17.8 Å². The van der Waals surface area contributed by atoms with Gasteiger partial charge in [0, 0.05) is 0 Å². The summed E-state index contributed by atoms with van der Waals surface area (Å²) in [7, 11) is 4.35. The van der Waals surface area contributed by atoms with Crippen molar-refractivity contribution in [3.63, 3.8) is 0 Å². The van der Waals surface area contributed by atoms with Crippen molar-refractivity contribution in [3.05, 3.63) is 47.5 Å². The van der Waals surface area contributed by atoms with Crippen LogP contribution in [0.4, 0.5) is 0 Å². The average molecular weight is 401 g/mol. The molecule has 3 N–H and O–H groups in total. The summed E-state index contributed by atoms with van der Waals surface area (Å²) in [6.45, 7) is 0. The minimum absolute atomic E-state index is 0.208. The van der Waals surface area contributed by atoms with Crippen molar-refractivity contribution in [1.82, 2.24) is 5.43 Å². The van der Waals surface area contributed by atoms with Gasteiger partial charge in [0.1, 0.15) is 5.75 Å². The third-order valence-corrected chi connectivity index (χ3v) is 3.59. The van der Waals surface area contributed by atoms with Gasteiger partial charge < -0.3 is 24.7 Å². The van der Waals surface area contributed by atoms with E-state index in [2.05, 4.69) is 5.10 Å². The van der Waals surface area contributed by atoms with Crippen LogP contribution < -0.4 is 30.1 Å². The molecule has 0 aromatic heterocycles. The number of methoxy groups -OCH3 is 3. The van der Waals surface area contributed by atoms with Gasteiger partial charge >= 0.3 is 17.8 Å². The SMILES string of the molecule is COc1cc(C(=O)Oc2ccc(/C=N\NC(=O)C(N)=O)cc2)cc(OC)c1OC. The molecule has 2 aromatic carbocycles. The van der Waals surface area contributed by atoms with Gasteiger partial charge in [0.25, 0.3) is 0 Å². The van der Waals surface area contributed by atoms with Crippen LogP contribution in [0.5, 0.6) is 23.0 Å². The minimum atomic E-state index is -1.14. The van der Waals surface area contributed by atoms with E-state index in [1.807, 2.05) is 5.43 Å². The van der Waals surface area contributed by atoms with Crippen molar-refractivity contribution in [2.24, 2.45) is 10.8 Å². The van der Waals surface area contributed by atoms with Gasteiger partial charge in [0.2, 0.25) is 5.75 Å². The molecule has 0 aliphatic carbocycles. The third kappa shape index (κ3) is 5.45. The fraction of sp³-hybridized carbons (Fsp3) is 0.158. The number of nitrogens with one attached hydrogen (secondary N) is 1. The summed E-state index contributed by atoms with van der Waals surface area (Å²) < 4.78 is 21.0. The Hall–Kier alpha value is -4.08. The smallest absolute Gasteiger partial charge is 0.343 e. The summed E-state index contributed by atoms with van der Waals surface area (Å²) in [5, 5.41) is 3.58. The maximum absolute atomic E-state index is 12.5. The zero-order valence-corrected chi connectivity index (χ0v) is 15.9. The molecule has 0 unspecified atom stereocenters. The molecule has 29 heavy (non-hydrogen) atoms. The van der Waals surface area contributed by atoms with Crippen LogP contribution in [0, 0.1) is 0 Å². The van der Waals surface area contributed by atoms with E-state index in [-0.39, 0.29) is 11.3 Å². The molecule has 0 aliphatic heterocycles. The second-order valence-corrected chi connectivity index (χ2v) is 5.44. The number of benzene rings is 2. The van der Waals surface area contributed by atoms with E-state index in [1.54, 1.807) is 12.1 Å². The number of hydrogen-bond donors (Lipinski definition) is 2. The van der Waals surface area contributed by atoms with Crippen molar-refractivity contribution < 1.29 is 33.3 Å². The number of hydrazone groups is 1. The Kier molecular flexibility index (Phi) is 7.13. The first-order valence-electron chi connectivity index (χ1n) is 8.14. The van der Waals surface area contributed by atoms with Crippen molar-refractivity contribution in [2.45, 2.75) is 0 Å². The van der Waals surface area contributed by atoms with E-state index in [4.69, 9.17) is 24.7 Å². The van der Waals surface area contributed by atoms with Gasteiger partial charge in [0.15, 0.2) is 11.5 Å². The Morgan fingerprint density at radius 2 is 1.55 bits per heavy atom. The molecule has 0 bridgehead atoms. The second-order valence-electron chi connectivity index (χ2n) is 5.44. The van der Waals surface area contributed by atoms with Crippen LogP contribution in [-0.2, 0) is 9.59 Å². The normalized spacial score (nSPS) is 10.3. The second kappa shape index (κ2) is 9.74. The molecule has 2 amide bonds. The lowest BCUT2D eigenvalue weighted by Crippen LogP contribution is -2.32. The molecule has 2 aromatic rings. The number of ether oxygens (including phenoxy) is 4. The Morgan fingerprint density at radius 1 is 0.966 bits per heavy atom. The number of carbonyl (C=O) groups excluding carboxylic acids is 3. The maximum Gasteiger partial charge on any atom is 0.343 e. The molecule has 0 atom stereocenters. The molecule has 10 nitrogen and oxygen atoms in total. The van der Waals surface area contributed by atoms with Crippen molar-refractivity contribution in [3.8, 4) is 23.0 Å².